The van der Waals surface area contributed by atoms with Gasteiger partial charge in [-0.2, -0.15) is 5.26 Å². The van der Waals surface area contributed by atoms with Gasteiger partial charge < -0.3 is 5.32 Å². The third-order valence-corrected chi connectivity index (χ3v) is 2.95. The second kappa shape index (κ2) is 4.73. The van der Waals surface area contributed by atoms with Crippen LogP contribution in [-0.2, 0) is 10.0 Å². The molecular formula is C8H15N3O2S. The molecule has 0 spiro atoms. The maximum atomic E-state index is 10.8. The zero-order valence-electron chi connectivity index (χ0n) is 8.16. The fourth-order valence-electron chi connectivity index (χ4n) is 1.55. The topological polar surface area (TPSA) is 82.0 Å². The van der Waals surface area contributed by atoms with Crippen LogP contribution >= 0.6 is 0 Å². The van der Waals surface area contributed by atoms with Crippen LogP contribution in [0.2, 0.25) is 0 Å². The molecule has 2 unspecified atom stereocenters. The highest BCUT2D eigenvalue weighted by Gasteiger charge is 2.21. The van der Waals surface area contributed by atoms with E-state index in [1.807, 2.05) is 0 Å². The Bertz CT molecular complexity index is 320. The molecule has 6 heteroatoms. The predicted molar refractivity (Wildman–Crippen MR) is 52.9 cm³/mol. The summed E-state index contributed by atoms with van der Waals surface area (Å²) >= 11 is 0. The molecule has 0 radical (unpaired) electrons. The van der Waals surface area contributed by atoms with Gasteiger partial charge in [-0.3, -0.25) is 0 Å². The van der Waals surface area contributed by atoms with Crippen molar-refractivity contribution in [2.75, 3.05) is 25.9 Å². The Morgan fingerprint density at radius 3 is 2.86 bits per heavy atom. The quantitative estimate of drug-likeness (QED) is 0.654. The molecule has 0 bridgehead atoms. The van der Waals surface area contributed by atoms with Gasteiger partial charge in [0.05, 0.1) is 18.2 Å². The molecule has 1 aliphatic heterocycles. The summed E-state index contributed by atoms with van der Waals surface area (Å²) in [6.45, 7) is 1.91. The first-order valence-corrected chi connectivity index (χ1v) is 6.45. The molecule has 1 saturated heterocycles. The molecule has 2 atom stereocenters. The van der Waals surface area contributed by atoms with Crippen LogP contribution in [0.25, 0.3) is 0 Å². The first-order valence-electron chi connectivity index (χ1n) is 4.56. The van der Waals surface area contributed by atoms with Gasteiger partial charge in [-0.25, -0.2) is 13.1 Å². The van der Waals surface area contributed by atoms with Crippen molar-refractivity contribution in [1.82, 2.24) is 10.0 Å². The Hall–Kier alpha value is -0.640. The van der Waals surface area contributed by atoms with Gasteiger partial charge in [-0.05, 0) is 18.9 Å². The minimum atomic E-state index is -3.11. The number of nitrogens with zero attached hydrogens (tertiary/aromatic N) is 1. The number of hydrogen-bond donors (Lipinski definition) is 2. The standard InChI is InChI=1S/C8H15N3O2S/c1-14(12,13)11-6-8-2-7(3-9)4-10-5-8/h7-8,10-11H,2,4-6H2,1H3. The highest BCUT2D eigenvalue weighted by atomic mass is 32.2. The SMILES string of the molecule is CS(=O)(=O)NCC1CNCC(C#N)C1. The Labute approximate surface area is 84.5 Å². The Kier molecular flexibility index (Phi) is 3.86. The Balaban J connectivity index is 2.35. The predicted octanol–water partition coefficient (Wildman–Crippen LogP) is -0.715. The first kappa shape index (κ1) is 11.4. The van der Waals surface area contributed by atoms with Crippen molar-refractivity contribution in [1.29, 1.82) is 5.26 Å². The fourth-order valence-corrected chi connectivity index (χ4v) is 2.09. The zero-order valence-corrected chi connectivity index (χ0v) is 8.97. The monoisotopic (exact) mass is 217 g/mol. The maximum absolute atomic E-state index is 10.8. The van der Waals surface area contributed by atoms with Crippen molar-refractivity contribution in [2.45, 2.75) is 6.42 Å². The lowest BCUT2D eigenvalue weighted by Gasteiger charge is -2.25. The summed E-state index contributed by atoms with van der Waals surface area (Å²) in [4.78, 5) is 0. The van der Waals surface area contributed by atoms with E-state index >= 15 is 0 Å². The highest BCUT2D eigenvalue weighted by Crippen LogP contribution is 2.14. The lowest BCUT2D eigenvalue weighted by atomic mass is 9.92. The number of nitrogens with one attached hydrogen (secondary N) is 2. The number of sulfonamides is 1. The number of hydrogen-bond acceptors (Lipinski definition) is 4. The molecule has 1 aliphatic rings. The molecule has 1 heterocycles. The summed E-state index contributed by atoms with van der Waals surface area (Å²) in [5.41, 5.74) is 0. The molecule has 0 amide bonds. The smallest absolute Gasteiger partial charge is 0.208 e. The normalized spacial score (nSPS) is 28.3. The second-order valence-corrected chi connectivity index (χ2v) is 5.54. The first-order chi connectivity index (χ1) is 6.51. The summed E-state index contributed by atoms with van der Waals surface area (Å²) < 4.78 is 24.1. The molecule has 0 aromatic carbocycles. The molecule has 1 rings (SSSR count). The summed E-state index contributed by atoms with van der Waals surface area (Å²) in [6.07, 6.45) is 1.91. The van der Waals surface area contributed by atoms with Gasteiger partial charge >= 0.3 is 0 Å². The van der Waals surface area contributed by atoms with Gasteiger partial charge in [0.2, 0.25) is 10.0 Å². The van der Waals surface area contributed by atoms with Crippen molar-refractivity contribution in [3.05, 3.63) is 0 Å². The van der Waals surface area contributed by atoms with Crippen molar-refractivity contribution in [3.63, 3.8) is 0 Å². The summed E-state index contributed by atoms with van der Waals surface area (Å²) in [7, 11) is -3.11. The lowest BCUT2D eigenvalue weighted by molar-refractivity contribution is 0.329. The average Bonchev–Trinajstić information content (AvgIpc) is 2.14. The Morgan fingerprint density at radius 2 is 2.29 bits per heavy atom. The minimum absolute atomic E-state index is 0.00936. The molecule has 0 saturated carbocycles. The van der Waals surface area contributed by atoms with Crippen LogP contribution in [-0.4, -0.2) is 34.3 Å². The molecule has 0 aromatic heterocycles. The minimum Gasteiger partial charge on any atom is -0.315 e. The number of rotatable bonds is 3. The van der Waals surface area contributed by atoms with Crippen molar-refractivity contribution in [3.8, 4) is 6.07 Å². The van der Waals surface area contributed by atoms with Crippen molar-refractivity contribution in [2.24, 2.45) is 11.8 Å². The second-order valence-electron chi connectivity index (χ2n) is 3.71. The molecule has 0 aliphatic carbocycles. The van der Waals surface area contributed by atoms with Crippen LogP contribution in [0.1, 0.15) is 6.42 Å². The average molecular weight is 217 g/mol. The summed E-state index contributed by atoms with van der Waals surface area (Å²) in [5.74, 6) is 0.234. The molecule has 0 aromatic rings. The van der Waals surface area contributed by atoms with E-state index in [0.717, 1.165) is 19.2 Å². The van der Waals surface area contributed by atoms with Gasteiger partial charge in [-0.1, -0.05) is 0 Å². The van der Waals surface area contributed by atoms with Crippen molar-refractivity contribution >= 4 is 10.0 Å². The van der Waals surface area contributed by atoms with Crippen LogP contribution in [0, 0.1) is 23.2 Å². The van der Waals surface area contributed by atoms with Crippen LogP contribution in [0.3, 0.4) is 0 Å². The van der Waals surface area contributed by atoms with Gasteiger partial charge in [0.1, 0.15) is 0 Å². The van der Waals surface area contributed by atoms with Crippen LogP contribution in [0.4, 0.5) is 0 Å². The van der Waals surface area contributed by atoms with E-state index in [1.165, 1.54) is 0 Å². The molecule has 5 nitrogen and oxygen atoms in total. The van der Waals surface area contributed by atoms with Gasteiger partial charge in [0, 0.05) is 13.1 Å². The molecule has 1 fully saturated rings. The van der Waals surface area contributed by atoms with E-state index in [1.54, 1.807) is 0 Å². The third kappa shape index (κ3) is 4.05. The number of piperidine rings is 1. The Morgan fingerprint density at radius 1 is 1.57 bits per heavy atom. The van der Waals surface area contributed by atoms with E-state index in [-0.39, 0.29) is 11.8 Å². The third-order valence-electron chi connectivity index (χ3n) is 2.26. The molecule has 2 N–H and O–H groups in total. The zero-order chi connectivity index (χ0) is 10.6. The van der Waals surface area contributed by atoms with Crippen LogP contribution in [0.5, 0.6) is 0 Å². The largest absolute Gasteiger partial charge is 0.315 e. The summed E-state index contributed by atoms with van der Waals surface area (Å²) in [5, 5.41) is 11.8. The molecule has 14 heavy (non-hydrogen) atoms. The lowest BCUT2D eigenvalue weighted by Crippen LogP contribution is -2.41. The molecule has 80 valence electrons. The van der Waals surface area contributed by atoms with E-state index in [0.29, 0.717) is 13.1 Å². The van der Waals surface area contributed by atoms with E-state index in [2.05, 4.69) is 16.1 Å². The highest BCUT2D eigenvalue weighted by molar-refractivity contribution is 7.88. The number of nitriles is 1. The van der Waals surface area contributed by atoms with Crippen LogP contribution in [0.15, 0.2) is 0 Å². The fraction of sp³-hybridized carbons (Fsp3) is 0.875. The van der Waals surface area contributed by atoms with E-state index < -0.39 is 10.0 Å². The van der Waals surface area contributed by atoms with E-state index in [4.69, 9.17) is 5.26 Å². The van der Waals surface area contributed by atoms with Gasteiger partial charge in [-0.15, -0.1) is 0 Å². The van der Waals surface area contributed by atoms with Gasteiger partial charge in [0.15, 0.2) is 0 Å². The van der Waals surface area contributed by atoms with E-state index in [9.17, 15) is 8.42 Å². The van der Waals surface area contributed by atoms with Crippen LogP contribution < -0.4 is 10.0 Å². The van der Waals surface area contributed by atoms with Gasteiger partial charge in [0.25, 0.3) is 0 Å². The summed E-state index contributed by atoms with van der Waals surface area (Å²) in [6, 6.07) is 2.19. The molecular weight excluding hydrogens is 202 g/mol. The van der Waals surface area contributed by atoms with Crippen molar-refractivity contribution < 1.29 is 8.42 Å². The maximum Gasteiger partial charge on any atom is 0.208 e.